The highest BCUT2D eigenvalue weighted by Gasteiger charge is 2.19. The molecular formula is C14H19FN2O3. The van der Waals surface area contributed by atoms with Crippen molar-refractivity contribution in [2.24, 2.45) is 0 Å². The number of amides is 2. The van der Waals surface area contributed by atoms with E-state index in [9.17, 15) is 14.0 Å². The van der Waals surface area contributed by atoms with Crippen LogP contribution < -0.4 is 10.6 Å². The van der Waals surface area contributed by atoms with Crippen molar-refractivity contribution in [1.29, 1.82) is 0 Å². The van der Waals surface area contributed by atoms with Gasteiger partial charge in [-0.2, -0.15) is 0 Å². The third-order valence-corrected chi connectivity index (χ3v) is 2.90. The van der Waals surface area contributed by atoms with Crippen LogP contribution in [0.15, 0.2) is 18.2 Å². The molecule has 20 heavy (non-hydrogen) atoms. The summed E-state index contributed by atoms with van der Waals surface area (Å²) < 4.78 is 13.1. The van der Waals surface area contributed by atoms with Crippen molar-refractivity contribution in [2.45, 2.75) is 39.2 Å². The quantitative estimate of drug-likeness (QED) is 0.750. The molecule has 0 aliphatic heterocycles. The fourth-order valence-electron chi connectivity index (χ4n) is 1.71. The van der Waals surface area contributed by atoms with Crippen molar-refractivity contribution >= 4 is 17.7 Å². The number of unbranched alkanes of at least 4 members (excludes halogenated alkanes) is 1. The van der Waals surface area contributed by atoms with E-state index in [1.165, 1.54) is 18.2 Å². The summed E-state index contributed by atoms with van der Waals surface area (Å²) in [7, 11) is 0. The Morgan fingerprint density at radius 1 is 1.40 bits per heavy atom. The first-order valence-corrected chi connectivity index (χ1v) is 6.50. The van der Waals surface area contributed by atoms with Crippen LogP contribution in [-0.2, 0) is 4.79 Å². The molecule has 0 aliphatic carbocycles. The molecule has 0 spiro atoms. The lowest BCUT2D eigenvalue weighted by molar-refractivity contribution is -0.139. The molecule has 0 radical (unpaired) electrons. The Kier molecular flexibility index (Phi) is 5.96. The van der Waals surface area contributed by atoms with E-state index in [0.717, 1.165) is 6.42 Å². The Morgan fingerprint density at radius 2 is 2.10 bits per heavy atom. The summed E-state index contributed by atoms with van der Waals surface area (Å²) in [5.74, 6) is -1.55. The Balaban J connectivity index is 2.65. The molecule has 0 saturated heterocycles. The van der Waals surface area contributed by atoms with Crippen LogP contribution in [0.25, 0.3) is 0 Å². The van der Waals surface area contributed by atoms with Crippen molar-refractivity contribution in [1.82, 2.24) is 5.32 Å². The van der Waals surface area contributed by atoms with Crippen LogP contribution in [0.4, 0.5) is 14.9 Å². The topological polar surface area (TPSA) is 78.4 Å². The van der Waals surface area contributed by atoms with Crippen LogP contribution in [0.3, 0.4) is 0 Å². The van der Waals surface area contributed by atoms with Gasteiger partial charge in [0.1, 0.15) is 11.9 Å². The average Bonchev–Trinajstić information content (AvgIpc) is 2.38. The van der Waals surface area contributed by atoms with Crippen molar-refractivity contribution in [3.05, 3.63) is 29.6 Å². The van der Waals surface area contributed by atoms with E-state index >= 15 is 0 Å². The summed E-state index contributed by atoms with van der Waals surface area (Å²) in [5, 5.41) is 13.8. The molecule has 0 saturated carbocycles. The lowest BCUT2D eigenvalue weighted by Crippen LogP contribution is -2.43. The molecule has 0 fully saturated rings. The summed E-state index contributed by atoms with van der Waals surface area (Å²) in [4.78, 5) is 22.8. The highest BCUT2D eigenvalue weighted by molar-refractivity contribution is 5.92. The van der Waals surface area contributed by atoms with Gasteiger partial charge >= 0.3 is 12.0 Å². The number of carbonyl (C=O) groups excluding carboxylic acids is 1. The van der Waals surface area contributed by atoms with Crippen molar-refractivity contribution in [3.63, 3.8) is 0 Å². The molecule has 0 aromatic heterocycles. The van der Waals surface area contributed by atoms with Gasteiger partial charge in [-0.05, 0) is 31.0 Å². The summed E-state index contributed by atoms with van der Waals surface area (Å²) in [6, 6.07) is 2.43. The van der Waals surface area contributed by atoms with Gasteiger partial charge in [0.2, 0.25) is 0 Å². The second kappa shape index (κ2) is 7.47. The Bertz CT molecular complexity index is 491. The number of nitrogens with one attached hydrogen (secondary N) is 2. The first-order chi connectivity index (χ1) is 9.43. The predicted molar refractivity (Wildman–Crippen MR) is 74.2 cm³/mol. The number of aryl methyl sites for hydroxylation is 1. The Labute approximate surface area is 117 Å². The molecule has 0 aliphatic rings. The van der Waals surface area contributed by atoms with Crippen LogP contribution in [-0.4, -0.2) is 23.1 Å². The van der Waals surface area contributed by atoms with Crippen LogP contribution in [0.2, 0.25) is 0 Å². The van der Waals surface area contributed by atoms with Crippen molar-refractivity contribution in [3.8, 4) is 0 Å². The zero-order chi connectivity index (χ0) is 15.1. The Morgan fingerprint density at radius 3 is 2.70 bits per heavy atom. The zero-order valence-electron chi connectivity index (χ0n) is 11.6. The fraction of sp³-hybridized carbons (Fsp3) is 0.429. The number of carbonyl (C=O) groups is 2. The molecule has 2 amide bonds. The molecule has 6 heteroatoms. The number of benzene rings is 1. The second-order valence-electron chi connectivity index (χ2n) is 4.59. The van der Waals surface area contributed by atoms with Crippen LogP contribution >= 0.6 is 0 Å². The largest absolute Gasteiger partial charge is 0.480 e. The minimum Gasteiger partial charge on any atom is -0.480 e. The number of hydrogen-bond donors (Lipinski definition) is 3. The van der Waals surface area contributed by atoms with Crippen LogP contribution in [0.1, 0.15) is 31.7 Å². The predicted octanol–water partition coefficient (Wildman–Crippen LogP) is 2.90. The minimum atomic E-state index is -1.08. The van der Waals surface area contributed by atoms with Crippen LogP contribution in [0, 0.1) is 12.7 Å². The van der Waals surface area contributed by atoms with Crippen molar-refractivity contribution in [2.75, 3.05) is 5.32 Å². The molecular weight excluding hydrogens is 263 g/mol. The summed E-state index contributed by atoms with van der Waals surface area (Å²) in [6.45, 7) is 3.66. The average molecular weight is 282 g/mol. The van der Waals surface area contributed by atoms with Gasteiger partial charge in [0, 0.05) is 5.69 Å². The lowest BCUT2D eigenvalue weighted by Gasteiger charge is -2.15. The van der Waals surface area contributed by atoms with Gasteiger partial charge in [0.25, 0.3) is 0 Å². The number of hydrogen-bond acceptors (Lipinski definition) is 2. The summed E-state index contributed by atoms with van der Waals surface area (Å²) >= 11 is 0. The van der Waals surface area contributed by atoms with E-state index < -0.39 is 23.9 Å². The second-order valence-corrected chi connectivity index (χ2v) is 4.59. The van der Waals surface area contributed by atoms with Gasteiger partial charge in [0.05, 0.1) is 0 Å². The maximum Gasteiger partial charge on any atom is 0.326 e. The maximum atomic E-state index is 13.1. The molecule has 1 atom stereocenters. The molecule has 1 rings (SSSR count). The zero-order valence-corrected chi connectivity index (χ0v) is 11.6. The van der Waals surface area contributed by atoms with Gasteiger partial charge in [-0.1, -0.05) is 25.8 Å². The minimum absolute atomic E-state index is 0.321. The third-order valence-electron chi connectivity index (χ3n) is 2.90. The summed E-state index contributed by atoms with van der Waals surface area (Å²) in [5.41, 5.74) is 1.02. The van der Waals surface area contributed by atoms with E-state index in [2.05, 4.69) is 10.6 Å². The van der Waals surface area contributed by atoms with Gasteiger partial charge < -0.3 is 15.7 Å². The molecule has 1 aromatic rings. The van der Waals surface area contributed by atoms with Gasteiger partial charge in [-0.15, -0.1) is 0 Å². The summed E-state index contributed by atoms with van der Waals surface area (Å²) in [6.07, 6.45) is 1.91. The highest BCUT2D eigenvalue weighted by atomic mass is 19.1. The Hall–Kier alpha value is -2.11. The molecule has 1 aromatic carbocycles. The highest BCUT2D eigenvalue weighted by Crippen LogP contribution is 2.15. The molecule has 110 valence electrons. The van der Waals surface area contributed by atoms with E-state index in [1.807, 2.05) is 6.92 Å². The fourth-order valence-corrected chi connectivity index (χ4v) is 1.71. The lowest BCUT2D eigenvalue weighted by atomic mass is 10.1. The number of carboxylic acid groups (broad SMARTS) is 1. The molecule has 5 nitrogen and oxygen atoms in total. The number of rotatable bonds is 6. The van der Waals surface area contributed by atoms with Gasteiger partial charge in [-0.3, -0.25) is 0 Å². The smallest absolute Gasteiger partial charge is 0.326 e. The van der Waals surface area contributed by atoms with E-state index in [0.29, 0.717) is 24.1 Å². The standard InChI is InChI=1S/C14H19FN2O3/c1-3-4-5-11(13(18)19)16-14(20)17-12-8-10(15)7-6-9(12)2/h6-8,11H,3-5H2,1-2H3,(H,18,19)(H2,16,17,20)/t11-/m0/s1. The molecule has 0 heterocycles. The van der Waals surface area contributed by atoms with Gasteiger partial charge in [0.15, 0.2) is 0 Å². The van der Waals surface area contributed by atoms with E-state index in [4.69, 9.17) is 5.11 Å². The monoisotopic (exact) mass is 282 g/mol. The molecule has 3 N–H and O–H groups in total. The van der Waals surface area contributed by atoms with Crippen molar-refractivity contribution < 1.29 is 19.1 Å². The number of halogens is 1. The van der Waals surface area contributed by atoms with E-state index in [1.54, 1.807) is 6.92 Å². The number of urea groups is 1. The maximum absolute atomic E-state index is 13.1. The number of anilines is 1. The van der Waals surface area contributed by atoms with Gasteiger partial charge in [-0.25, -0.2) is 14.0 Å². The molecule has 0 unspecified atom stereocenters. The SMILES string of the molecule is CCCC[C@H](NC(=O)Nc1cc(F)ccc1C)C(=O)O. The number of aliphatic carboxylic acids is 1. The normalized spacial score (nSPS) is 11.8. The first-order valence-electron chi connectivity index (χ1n) is 6.50. The first kappa shape index (κ1) is 15.9. The van der Waals surface area contributed by atoms with E-state index in [-0.39, 0.29) is 0 Å². The number of carboxylic acids is 1. The van der Waals surface area contributed by atoms with Crippen LogP contribution in [0.5, 0.6) is 0 Å². The third kappa shape index (κ3) is 4.87. The molecule has 0 bridgehead atoms.